The van der Waals surface area contributed by atoms with Gasteiger partial charge in [-0.05, 0) is 25.7 Å². The Morgan fingerprint density at radius 2 is 2.36 bits per heavy atom. The molecule has 0 aromatic heterocycles. The summed E-state index contributed by atoms with van der Waals surface area (Å²) in [5, 5.41) is 2.79. The number of rotatable bonds is 3. The molecule has 0 saturated heterocycles. The van der Waals surface area contributed by atoms with Gasteiger partial charge in [0, 0.05) is 13.2 Å². The minimum Gasteiger partial charge on any atom is -0.381 e. The number of carbonyl (C=O) groups is 1. The Hall–Kier alpha value is -0.570. The minimum atomic E-state index is 0.339. The van der Waals surface area contributed by atoms with E-state index in [0.717, 1.165) is 32.1 Å². The van der Waals surface area contributed by atoms with Crippen LogP contribution in [0.1, 0.15) is 25.7 Å². The molecule has 0 aliphatic heterocycles. The average molecular weight is 157 g/mol. The van der Waals surface area contributed by atoms with Gasteiger partial charge in [-0.25, -0.2) is 0 Å². The van der Waals surface area contributed by atoms with E-state index in [9.17, 15) is 4.79 Å². The third kappa shape index (κ3) is 2.50. The van der Waals surface area contributed by atoms with Crippen LogP contribution in [0.5, 0.6) is 0 Å². The van der Waals surface area contributed by atoms with Gasteiger partial charge in [0.1, 0.15) is 0 Å². The van der Waals surface area contributed by atoms with Crippen LogP contribution in [0.15, 0.2) is 0 Å². The molecule has 0 aromatic rings. The Bertz CT molecular complexity index is 127. The van der Waals surface area contributed by atoms with Gasteiger partial charge >= 0.3 is 0 Å². The third-order valence-corrected chi connectivity index (χ3v) is 2.26. The van der Waals surface area contributed by atoms with Crippen molar-refractivity contribution in [1.29, 1.82) is 0 Å². The molecule has 1 aliphatic carbocycles. The highest BCUT2D eigenvalue weighted by Crippen LogP contribution is 2.19. The fourth-order valence-corrected chi connectivity index (χ4v) is 1.61. The van der Waals surface area contributed by atoms with Gasteiger partial charge in [0.2, 0.25) is 6.41 Å². The number of hydrogen-bond acceptors (Lipinski definition) is 2. The molecule has 1 amide bonds. The molecule has 2 atom stereocenters. The maximum absolute atomic E-state index is 10.1. The zero-order valence-electron chi connectivity index (χ0n) is 6.88. The Labute approximate surface area is 67.1 Å². The predicted octanol–water partition coefficient (Wildman–Crippen LogP) is 0.690. The van der Waals surface area contributed by atoms with Crippen LogP contribution in [-0.4, -0.2) is 25.7 Å². The molecule has 1 aliphatic rings. The first-order chi connectivity index (χ1) is 5.36. The van der Waals surface area contributed by atoms with Gasteiger partial charge in [-0.3, -0.25) is 4.79 Å². The van der Waals surface area contributed by atoms with Crippen LogP contribution in [0.25, 0.3) is 0 Å². The summed E-state index contributed by atoms with van der Waals surface area (Å²) in [4.78, 5) is 10.1. The van der Waals surface area contributed by atoms with E-state index in [2.05, 4.69) is 5.32 Å². The lowest BCUT2D eigenvalue weighted by molar-refractivity contribution is -0.110. The van der Waals surface area contributed by atoms with Crippen LogP contribution in [0.4, 0.5) is 0 Å². The molecule has 0 aromatic carbocycles. The van der Waals surface area contributed by atoms with Gasteiger partial charge in [-0.1, -0.05) is 0 Å². The summed E-state index contributed by atoms with van der Waals surface area (Å²) in [5.41, 5.74) is 0. The van der Waals surface area contributed by atoms with Gasteiger partial charge in [-0.15, -0.1) is 0 Å². The van der Waals surface area contributed by atoms with Crippen molar-refractivity contribution in [2.24, 2.45) is 0 Å². The van der Waals surface area contributed by atoms with E-state index in [4.69, 9.17) is 4.74 Å². The van der Waals surface area contributed by atoms with Crippen molar-refractivity contribution >= 4 is 6.41 Å². The average Bonchev–Trinajstić information content (AvgIpc) is 2.06. The smallest absolute Gasteiger partial charge is 0.207 e. The van der Waals surface area contributed by atoms with E-state index in [-0.39, 0.29) is 0 Å². The number of hydrogen-bond donors (Lipinski definition) is 1. The summed E-state index contributed by atoms with van der Waals surface area (Å²) < 4.78 is 5.21. The largest absolute Gasteiger partial charge is 0.381 e. The van der Waals surface area contributed by atoms with Gasteiger partial charge in [0.25, 0.3) is 0 Å². The van der Waals surface area contributed by atoms with Crippen molar-refractivity contribution in [3.05, 3.63) is 0 Å². The molecular weight excluding hydrogens is 142 g/mol. The van der Waals surface area contributed by atoms with Crippen LogP contribution in [0.3, 0.4) is 0 Å². The van der Waals surface area contributed by atoms with E-state index < -0.39 is 0 Å². The van der Waals surface area contributed by atoms with Crippen molar-refractivity contribution in [3.8, 4) is 0 Å². The third-order valence-electron chi connectivity index (χ3n) is 2.26. The Morgan fingerprint density at radius 3 is 3.00 bits per heavy atom. The van der Waals surface area contributed by atoms with E-state index >= 15 is 0 Å². The van der Waals surface area contributed by atoms with Crippen LogP contribution in [0, 0.1) is 0 Å². The monoisotopic (exact) mass is 157 g/mol. The first kappa shape index (κ1) is 8.53. The second-order valence-corrected chi connectivity index (χ2v) is 3.01. The molecule has 1 rings (SSSR count). The van der Waals surface area contributed by atoms with Gasteiger partial charge in [0.05, 0.1) is 6.10 Å². The van der Waals surface area contributed by atoms with E-state index in [1.54, 1.807) is 7.11 Å². The summed E-state index contributed by atoms with van der Waals surface area (Å²) in [7, 11) is 1.73. The number of ether oxygens (including phenoxy) is 1. The Kier molecular flexibility index (Phi) is 3.36. The molecule has 0 spiro atoms. The molecule has 3 nitrogen and oxygen atoms in total. The number of nitrogens with one attached hydrogen (secondary N) is 1. The first-order valence-electron chi connectivity index (χ1n) is 4.09. The summed E-state index contributed by atoms with van der Waals surface area (Å²) >= 11 is 0. The molecule has 1 fully saturated rings. The van der Waals surface area contributed by atoms with Crippen LogP contribution < -0.4 is 5.32 Å². The summed E-state index contributed by atoms with van der Waals surface area (Å²) in [6.45, 7) is 0. The minimum absolute atomic E-state index is 0.339. The van der Waals surface area contributed by atoms with E-state index in [1.165, 1.54) is 0 Å². The van der Waals surface area contributed by atoms with E-state index in [1.807, 2.05) is 0 Å². The highest BCUT2D eigenvalue weighted by Gasteiger charge is 2.20. The van der Waals surface area contributed by atoms with Crippen molar-refractivity contribution in [3.63, 3.8) is 0 Å². The summed E-state index contributed by atoms with van der Waals surface area (Å²) in [5.74, 6) is 0. The van der Waals surface area contributed by atoms with Gasteiger partial charge < -0.3 is 10.1 Å². The van der Waals surface area contributed by atoms with Crippen LogP contribution in [-0.2, 0) is 9.53 Å². The molecule has 3 heteroatoms. The van der Waals surface area contributed by atoms with Crippen molar-refractivity contribution in [2.45, 2.75) is 37.8 Å². The molecule has 0 radical (unpaired) electrons. The number of carbonyl (C=O) groups excluding carboxylic acids is 1. The fraction of sp³-hybridized carbons (Fsp3) is 0.875. The molecular formula is C8H15NO2. The highest BCUT2D eigenvalue weighted by atomic mass is 16.5. The van der Waals surface area contributed by atoms with Crippen LogP contribution in [0.2, 0.25) is 0 Å². The topological polar surface area (TPSA) is 38.3 Å². The second-order valence-electron chi connectivity index (χ2n) is 3.01. The lowest BCUT2D eigenvalue weighted by atomic mass is 9.93. The standard InChI is InChI=1S/C8H15NO2/c1-11-8-4-2-3-7(5-8)9-6-10/h6-8H,2-5H2,1H3,(H,9,10)/t7-,8-/m0/s1. The molecule has 11 heavy (non-hydrogen) atoms. The first-order valence-corrected chi connectivity index (χ1v) is 4.09. The summed E-state index contributed by atoms with van der Waals surface area (Å²) in [6.07, 6.45) is 5.48. The molecule has 64 valence electrons. The maximum atomic E-state index is 10.1. The molecule has 0 bridgehead atoms. The van der Waals surface area contributed by atoms with Gasteiger partial charge in [-0.2, -0.15) is 0 Å². The molecule has 0 heterocycles. The quantitative estimate of drug-likeness (QED) is 0.612. The molecule has 0 unspecified atom stereocenters. The summed E-state index contributed by atoms with van der Waals surface area (Å²) in [6, 6.07) is 0.339. The van der Waals surface area contributed by atoms with E-state index in [0.29, 0.717) is 12.1 Å². The predicted molar refractivity (Wildman–Crippen MR) is 42.3 cm³/mol. The fourth-order valence-electron chi connectivity index (χ4n) is 1.61. The zero-order chi connectivity index (χ0) is 8.10. The van der Waals surface area contributed by atoms with Crippen molar-refractivity contribution < 1.29 is 9.53 Å². The molecule has 1 saturated carbocycles. The van der Waals surface area contributed by atoms with Gasteiger partial charge in [0.15, 0.2) is 0 Å². The van der Waals surface area contributed by atoms with Crippen molar-refractivity contribution in [1.82, 2.24) is 5.32 Å². The zero-order valence-corrected chi connectivity index (χ0v) is 6.88. The maximum Gasteiger partial charge on any atom is 0.207 e. The Morgan fingerprint density at radius 1 is 1.55 bits per heavy atom. The normalized spacial score (nSPS) is 31.4. The number of methoxy groups -OCH3 is 1. The van der Waals surface area contributed by atoms with Crippen molar-refractivity contribution in [2.75, 3.05) is 7.11 Å². The number of amides is 1. The lowest BCUT2D eigenvalue weighted by Gasteiger charge is -2.27. The SMILES string of the molecule is CO[C@H]1CCC[C@H](NC=O)C1. The second kappa shape index (κ2) is 4.34. The molecule has 1 N–H and O–H groups in total. The highest BCUT2D eigenvalue weighted by molar-refractivity contribution is 5.46. The van der Waals surface area contributed by atoms with Crippen LogP contribution >= 0.6 is 0 Å². The Balaban J connectivity index is 2.27. The lowest BCUT2D eigenvalue weighted by Crippen LogP contribution is -2.35.